The van der Waals surface area contributed by atoms with Gasteiger partial charge in [-0.05, 0) is 42.1 Å². The lowest BCUT2D eigenvalue weighted by Gasteiger charge is -2.37. The number of rotatable bonds is 8. The van der Waals surface area contributed by atoms with Crippen LogP contribution in [0.5, 0.6) is 5.75 Å². The van der Waals surface area contributed by atoms with Crippen LogP contribution in [0.3, 0.4) is 0 Å². The molecular weight excluding hydrogens is 372 g/mol. The van der Waals surface area contributed by atoms with Gasteiger partial charge in [0.2, 0.25) is 0 Å². The highest BCUT2D eigenvalue weighted by Crippen LogP contribution is 2.22. The third-order valence-electron chi connectivity index (χ3n) is 4.60. The van der Waals surface area contributed by atoms with Crippen LogP contribution >= 0.6 is 11.3 Å². The number of ether oxygens (including phenoxy) is 2. The zero-order valence-electron chi connectivity index (χ0n) is 16.8. The quantitative estimate of drug-likeness (QED) is 0.418. The predicted molar refractivity (Wildman–Crippen MR) is 117 cm³/mol. The Bertz CT molecular complexity index is 728. The lowest BCUT2D eigenvalue weighted by Crippen LogP contribution is -2.52. The smallest absolute Gasteiger partial charge is 0.194 e. The maximum Gasteiger partial charge on any atom is 0.194 e. The molecule has 1 aromatic carbocycles. The molecule has 0 atom stereocenters. The lowest BCUT2D eigenvalue weighted by molar-refractivity contribution is 0.146. The second-order valence-electron chi connectivity index (χ2n) is 6.58. The summed E-state index contributed by atoms with van der Waals surface area (Å²) in [4.78, 5) is 9.67. The molecule has 1 aliphatic heterocycles. The van der Waals surface area contributed by atoms with Crippen LogP contribution in [-0.2, 0) is 11.3 Å². The second-order valence-corrected chi connectivity index (χ2v) is 7.51. The summed E-state index contributed by atoms with van der Waals surface area (Å²) < 4.78 is 10.7. The monoisotopic (exact) mass is 402 g/mol. The molecule has 2 aromatic rings. The zero-order valence-corrected chi connectivity index (χ0v) is 17.6. The third-order valence-corrected chi connectivity index (χ3v) is 5.53. The van der Waals surface area contributed by atoms with Crippen LogP contribution in [0.1, 0.15) is 12.5 Å². The number of hydrogen-bond acceptors (Lipinski definition) is 5. The van der Waals surface area contributed by atoms with E-state index in [0.717, 1.165) is 50.0 Å². The Morgan fingerprint density at radius 1 is 1.14 bits per heavy atom. The summed E-state index contributed by atoms with van der Waals surface area (Å²) in [5.74, 6) is 1.85. The third kappa shape index (κ3) is 5.87. The number of anilines is 1. The molecule has 28 heavy (non-hydrogen) atoms. The van der Waals surface area contributed by atoms with Crippen molar-refractivity contribution in [3.8, 4) is 5.75 Å². The van der Waals surface area contributed by atoms with E-state index in [1.54, 1.807) is 18.4 Å². The summed E-state index contributed by atoms with van der Waals surface area (Å²) in [6.45, 7) is 8.75. The van der Waals surface area contributed by atoms with E-state index in [2.05, 4.69) is 51.7 Å². The summed E-state index contributed by atoms with van der Waals surface area (Å²) in [7, 11) is 1.68. The number of benzene rings is 1. The van der Waals surface area contributed by atoms with Crippen LogP contribution in [-0.4, -0.2) is 63.9 Å². The van der Waals surface area contributed by atoms with Crippen LogP contribution in [0.2, 0.25) is 0 Å². The van der Waals surface area contributed by atoms with Crippen molar-refractivity contribution in [2.24, 2.45) is 4.99 Å². The molecule has 0 unspecified atom stereocenters. The predicted octanol–water partition coefficient (Wildman–Crippen LogP) is 3.06. The largest absolute Gasteiger partial charge is 0.491 e. The van der Waals surface area contributed by atoms with E-state index in [1.165, 1.54) is 5.00 Å². The number of aliphatic imine (C=N–C) groups is 1. The molecule has 0 aliphatic carbocycles. The molecule has 3 rings (SSSR count). The van der Waals surface area contributed by atoms with Crippen molar-refractivity contribution in [3.05, 3.63) is 47.3 Å². The van der Waals surface area contributed by atoms with E-state index in [0.29, 0.717) is 19.8 Å². The van der Waals surface area contributed by atoms with Crippen molar-refractivity contribution in [2.75, 3.05) is 57.9 Å². The van der Waals surface area contributed by atoms with Crippen LogP contribution in [0.4, 0.5) is 5.00 Å². The summed E-state index contributed by atoms with van der Waals surface area (Å²) in [5.41, 5.74) is 1.14. The Hall–Kier alpha value is -2.25. The fourth-order valence-electron chi connectivity index (χ4n) is 3.16. The minimum Gasteiger partial charge on any atom is -0.491 e. The molecule has 6 nitrogen and oxygen atoms in total. The highest BCUT2D eigenvalue weighted by molar-refractivity contribution is 7.14. The number of nitrogens with zero attached hydrogens (tertiary/aromatic N) is 3. The van der Waals surface area contributed by atoms with Crippen LogP contribution < -0.4 is 15.0 Å². The Kier molecular flexibility index (Phi) is 7.99. The van der Waals surface area contributed by atoms with Crippen LogP contribution in [0, 0.1) is 0 Å². The first-order valence-corrected chi connectivity index (χ1v) is 10.7. The van der Waals surface area contributed by atoms with Crippen LogP contribution in [0.15, 0.2) is 46.8 Å². The van der Waals surface area contributed by atoms with Gasteiger partial charge >= 0.3 is 0 Å². The van der Waals surface area contributed by atoms with Gasteiger partial charge < -0.3 is 24.6 Å². The van der Waals surface area contributed by atoms with Gasteiger partial charge in [-0.1, -0.05) is 12.1 Å². The van der Waals surface area contributed by atoms with E-state index in [4.69, 9.17) is 14.5 Å². The van der Waals surface area contributed by atoms with Crippen molar-refractivity contribution in [2.45, 2.75) is 13.5 Å². The summed E-state index contributed by atoms with van der Waals surface area (Å²) >= 11 is 1.81. The average molecular weight is 403 g/mol. The van der Waals surface area contributed by atoms with Crippen molar-refractivity contribution in [1.82, 2.24) is 10.2 Å². The van der Waals surface area contributed by atoms with E-state index >= 15 is 0 Å². The van der Waals surface area contributed by atoms with Crippen molar-refractivity contribution in [1.29, 1.82) is 0 Å². The molecule has 1 N–H and O–H groups in total. The van der Waals surface area contributed by atoms with E-state index < -0.39 is 0 Å². The van der Waals surface area contributed by atoms with E-state index in [-0.39, 0.29) is 0 Å². The average Bonchev–Trinajstić information content (AvgIpc) is 3.27. The second kappa shape index (κ2) is 10.9. The first-order chi connectivity index (χ1) is 13.8. The van der Waals surface area contributed by atoms with E-state index in [1.807, 2.05) is 12.1 Å². The van der Waals surface area contributed by atoms with Gasteiger partial charge in [0, 0.05) is 39.8 Å². The Morgan fingerprint density at radius 3 is 2.71 bits per heavy atom. The topological polar surface area (TPSA) is 49.3 Å². The minimum absolute atomic E-state index is 0.556. The Morgan fingerprint density at radius 2 is 2.00 bits per heavy atom. The summed E-state index contributed by atoms with van der Waals surface area (Å²) in [5, 5.41) is 6.93. The van der Waals surface area contributed by atoms with Gasteiger partial charge in [-0.3, -0.25) is 0 Å². The van der Waals surface area contributed by atoms with Gasteiger partial charge in [-0.15, -0.1) is 11.3 Å². The minimum atomic E-state index is 0.556. The first-order valence-electron chi connectivity index (χ1n) is 9.82. The zero-order chi connectivity index (χ0) is 19.6. The molecule has 1 saturated heterocycles. The fourth-order valence-corrected chi connectivity index (χ4v) is 3.94. The van der Waals surface area contributed by atoms with Gasteiger partial charge in [-0.2, -0.15) is 0 Å². The molecule has 152 valence electrons. The Balaban J connectivity index is 1.58. The molecule has 0 radical (unpaired) electrons. The number of methoxy groups -OCH3 is 1. The molecular formula is C21H30N4O2S. The molecule has 0 bridgehead atoms. The van der Waals surface area contributed by atoms with Crippen molar-refractivity contribution in [3.63, 3.8) is 0 Å². The molecule has 1 aromatic heterocycles. The molecule has 1 fully saturated rings. The lowest BCUT2D eigenvalue weighted by atomic mass is 10.2. The molecule has 7 heteroatoms. The van der Waals surface area contributed by atoms with Gasteiger partial charge in [0.1, 0.15) is 12.4 Å². The van der Waals surface area contributed by atoms with Crippen molar-refractivity contribution < 1.29 is 9.47 Å². The summed E-state index contributed by atoms with van der Waals surface area (Å²) in [6, 6.07) is 12.4. The molecule has 2 heterocycles. The molecule has 0 spiro atoms. The fraction of sp³-hybridized carbons (Fsp3) is 0.476. The highest BCUT2D eigenvalue weighted by Gasteiger charge is 2.20. The van der Waals surface area contributed by atoms with Crippen LogP contribution in [0.25, 0.3) is 0 Å². The molecule has 0 amide bonds. The first kappa shape index (κ1) is 20.5. The van der Waals surface area contributed by atoms with Gasteiger partial charge in [-0.25, -0.2) is 4.99 Å². The van der Waals surface area contributed by atoms with Gasteiger partial charge in [0.25, 0.3) is 0 Å². The summed E-state index contributed by atoms with van der Waals surface area (Å²) in [6.07, 6.45) is 0. The number of piperazine rings is 1. The normalized spacial score (nSPS) is 15.0. The SMILES string of the molecule is CCNC(=NCc1cccc(OCCOC)c1)N1CCN(c2cccs2)CC1. The number of thiophene rings is 1. The standard InChI is InChI=1S/C21H30N4O2S/c1-3-22-21(25-11-9-24(10-12-25)20-8-5-15-28-20)23-17-18-6-4-7-19(16-18)27-14-13-26-2/h4-8,15-16H,3,9-14,17H2,1-2H3,(H,22,23). The molecule has 1 aliphatic rings. The molecule has 0 saturated carbocycles. The van der Waals surface area contributed by atoms with E-state index in [9.17, 15) is 0 Å². The van der Waals surface area contributed by atoms with Gasteiger partial charge in [0.15, 0.2) is 5.96 Å². The Labute approximate surface area is 171 Å². The number of nitrogens with one attached hydrogen (secondary N) is 1. The van der Waals surface area contributed by atoms with Crippen molar-refractivity contribution >= 4 is 22.3 Å². The highest BCUT2D eigenvalue weighted by atomic mass is 32.1. The maximum atomic E-state index is 5.70. The van der Waals surface area contributed by atoms with Gasteiger partial charge in [0.05, 0.1) is 18.2 Å². The number of guanidine groups is 1. The maximum absolute atomic E-state index is 5.70. The number of hydrogen-bond donors (Lipinski definition) is 1.